The van der Waals surface area contributed by atoms with Gasteiger partial charge in [-0.1, -0.05) is 18.2 Å². The van der Waals surface area contributed by atoms with E-state index >= 15 is 0 Å². The van der Waals surface area contributed by atoms with E-state index in [4.69, 9.17) is 4.74 Å². The third-order valence-corrected chi connectivity index (χ3v) is 4.15. The number of halogens is 1. The number of carbonyl (C=O) groups excluding carboxylic acids is 1. The van der Waals surface area contributed by atoms with E-state index in [0.29, 0.717) is 18.8 Å². The zero-order valence-electron chi connectivity index (χ0n) is 13.0. The number of nitrogens with one attached hydrogen (secondary N) is 1. The second-order valence-electron chi connectivity index (χ2n) is 5.61. The average molecular weight is 314 g/mol. The first-order chi connectivity index (χ1) is 11.2. The highest BCUT2D eigenvalue weighted by molar-refractivity contribution is 5.89. The van der Waals surface area contributed by atoms with Gasteiger partial charge in [-0.05, 0) is 42.3 Å². The maximum Gasteiger partial charge on any atom is 0.321 e. The maximum atomic E-state index is 12.9. The van der Waals surface area contributed by atoms with Crippen molar-refractivity contribution >= 4 is 11.7 Å². The molecule has 2 aromatic rings. The van der Waals surface area contributed by atoms with E-state index in [1.807, 2.05) is 24.3 Å². The monoisotopic (exact) mass is 314 g/mol. The molecule has 2 amide bonds. The number of nitrogens with zero attached hydrogens (tertiary/aromatic N) is 1. The quantitative estimate of drug-likeness (QED) is 0.935. The van der Waals surface area contributed by atoms with Crippen LogP contribution in [0.3, 0.4) is 0 Å². The molecule has 1 N–H and O–H groups in total. The molecule has 0 bridgehead atoms. The second-order valence-corrected chi connectivity index (χ2v) is 5.61. The van der Waals surface area contributed by atoms with E-state index in [-0.39, 0.29) is 17.8 Å². The van der Waals surface area contributed by atoms with Crippen LogP contribution >= 0.6 is 0 Å². The molecule has 0 spiro atoms. The Morgan fingerprint density at radius 1 is 1.22 bits per heavy atom. The van der Waals surface area contributed by atoms with Crippen molar-refractivity contribution in [1.82, 2.24) is 4.90 Å². The Balaban J connectivity index is 1.65. The van der Waals surface area contributed by atoms with Gasteiger partial charge in [-0.2, -0.15) is 0 Å². The standard InChI is InChI=1S/C18H19FN2O2/c1-23-17-5-3-2-4-16(17)13-10-11-21(12-13)18(22)20-15-8-6-14(19)7-9-15/h2-9,13H,10-12H2,1H3,(H,20,22)/t13-/m1/s1. The molecule has 5 heteroatoms. The highest BCUT2D eigenvalue weighted by atomic mass is 19.1. The fraction of sp³-hybridized carbons (Fsp3) is 0.278. The Morgan fingerprint density at radius 2 is 1.96 bits per heavy atom. The van der Waals surface area contributed by atoms with Crippen LogP contribution in [0.2, 0.25) is 0 Å². The smallest absolute Gasteiger partial charge is 0.321 e. The van der Waals surface area contributed by atoms with Gasteiger partial charge in [0.2, 0.25) is 0 Å². The first kappa shape index (κ1) is 15.3. The number of rotatable bonds is 3. The predicted octanol–water partition coefficient (Wildman–Crippen LogP) is 3.86. The van der Waals surface area contributed by atoms with Crippen LogP contribution in [-0.2, 0) is 0 Å². The van der Waals surface area contributed by atoms with Crippen molar-refractivity contribution in [1.29, 1.82) is 0 Å². The number of hydrogen-bond donors (Lipinski definition) is 1. The third-order valence-electron chi connectivity index (χ3n) is 4.15. The largest absolute Gasteiger partial charge is 0.496 e. The van der Waals surface area contributed by atoms with Crippen LogP contribution in [0.4, 0.5) is 14.9 Å². The van der Waals surface area contributed by atoms with Crippen LogP contribution in [0.5, 0.6) is 5.75 Å². The molecule has 1 heterocycles. The second kappa shape index (κ2) is 6.69. The van der Waals surface area contributed by atoms with Gasteiger partial charge >= 0.3 is 6.03 Å². The Hall–Kier alpha value is -2.56. The topological polar surface area (TPSA) is 41.6 Å². The van der Waals surface area contributed by atoms with Gasteiger partial charge in [-0.15, -0.1) is 0 Å². The number of methoxy groups -OCH3 is 1. The summed E-state index contributed by atoms with van der Waals surface area (Å²) in [5.74, 6) is 0.809. The fourth-order valence-corrected chi connectivity index (χ4v) is 2.94. The lowest BCUT2D eigenvalue weighted by atomic mass is 9.97. The first-order valence-corrected chi connectivity index (χ1v) is 7.62. The lowest BCUT2D eigenvalue weighted by Crippen LogP contribution is -2.32. The summed E-state index contributed by atoms with van der Waals surface area (Å²) in [7, 11) is 1.66. The van der Waals surface area contributed by atoms with Gasteiger partial charge < -0.3 is 15.0 Å². The molecule has 1 aliphatic heterocycles. The van der Waals surface area contributed by atoms with Crippen molar-refractivity contribution in [3.05, 3.63) is 59.9 Å². The number of carbonyl (C=O) groups is 1. The molecule has 120 valence electrons. The molecule has 0 aliphatic carbocycles. The number of amides is 2. The summed E-state index contributed by atoms with van der Waals surface area (Å²) in [6.45, 7) is 1.34. The van der Waals surface area contributed by atoms with E-state index in [2.05, 4.69) is 5.32 Å². The van der Waals surface area contributed by atoms with Crippen molar-refractivity contribution in [2.75, 3.05) is 25.5 Å². The Bertz CT molecular complexity index is 688. The lowest BCUT2D eigenvalue weighted by molar-refractivity contribution is 0.222. The van der Waals surface area contributed by atoms with Crippen LogP contribution in [-0.4, -0.2) is 31.1 Å². The molecule has 0 aromatic heterocycles. The SMILES string of the molecule is COc1ccccc1[C@@H]1CCN(C(=O)Nc2ccc(F)cc2)C1. The first-order valence-electron chi connectivity index (χ1n) is 7.62. The number of anilines is 1. The molecular formula is C18H19FN2O2. The van der Waals surface area contributed by atoms with Crippen molar-refractivity contribution in [2.45, 2.75) is 12.3 Å². The Morgan fingerprint density at radius 3 is 2.70 bits per heavy atom. The summed E-state index contributed by atoms with van der Waals surface area (Å²) in [4.78, 5) is 14.1. The highest BCUT2D eigenvalue weighted by Crippen LogP contribution is 2.33. The van der Waals surface area contributed by atoms with E-state index < -0.39 is 0 Å². The Labute approximate surface area is 134 Å². The van der Waals surface area contributed by atoms with E-state index in [0.717, 1.165) is 17.7 Å². The summed E-state index contributed by atoms with van der Waals surface area (Å²) >= 11 is 0. The maximum absolute atomic E-state index is 12.9. The summed E-state index contributed by atoms with van der Waals surface area (Å²) in [5, 5.41) is 2.80. The number of urea groups is 1. The third kappa shape index (κ3) is 3.44. The zero-order chi connectivity index (χ0) is 16.2. The molecule has 1 aliphatic rings. The highest BCUT2D eigenvalue weighted by Gasteiger charge is 2.29. The minimum Gasteiger partial charge on any atom is -0.496 e. The molecular weight excluding hydrogens is 295 g/mol. The average Bonchev–Trinajstić information content (AvgIpc) is 3.07. The summed E-state index contributed by atoms with van der Waals surface area (Å²) < 4.78 is 18.3. The van der Waals surface area contributed by atoms with Crippen LogP contribution < -0.4 is 10.1 Å². The Kier molecular flexibility index (Phi) is 4.46. The van der Waals surface area contributed by atoms with E-state index in [1.54, 1.807) is 24.1 Å². The molecule has 1 fully saturated rings. The van der Waals surface area contributed by atoms with Crippen molar-refractivity contribution in [3.63, 3.8) is 0 Å². The van der Waals surface area contributed by atoms with E-state index in [9.17, 15) is 9.18 Å². The van der Waals surface area contributed by atoms with Gasteiger partial charge in [-0.3, -0.25) is 0 Å². The molecule has 0 radical (unpaired) electrons. The lowest BCUT2D eigenvalue weighted by Gasteiger charge is -2.18. The van der Waals surface area contributed by atoms with Crippen molar-refractivity contribution in [2.24, 2.45) is 0 Å². The molecule has 0 unspecified atom stereocenters. The van der Waals surface area contributed by atoms with Gasteiger partial charge in [0, 0.05) is 24.7 Å². The predicted molar refractivity (Wildman–Crippen MR) is 87.3 cm³/mol. The summed E-state index contributed by atoms with van der Waals surface area (Å²) in [6, 6.07) is 13.5. The molecule has 4 nitrogen and oxygen atoms in total. The molecule has 1 saturated heterocycles. The summed E-state index contributed by atoms with van der Waals surface area (Å²) in [6.07, 6.45) is 0.900. The number of para-hydroxylation sites is 1. The minimum atomic E-state index is -0.319. The van der Waals surface area contributed by atoms with Crippen LogP contribution in [0, 0.1) is 5.82 Å². The van der Waals surface area contributed by atoms with Gasteiger partial charge in [0.1, 0.15) is 11.6 Å². The van der Waals surface area contributed by atoms with Gasteiger partial charge in [0.25, 0.3) is 0 Å². The molecule has 3 rings (SSSR count). The molecule has 23 heavy (non-hydrogen) atoms. The van der Waals surface area contributed by atoms with Gasteiger partial charge in [-0.25, -0.2) is 9.18 Å². The zero-order valence-corrected chi connectivity index (χ0v) is 13.0. The van der Waals surface area contributed by atoms with Crippen LogP contribution in [0.25, 0.3) is 0 Å². The van der Waals surface area contributed by atoms with Gasteiger partial charge in [0.05, 0.1) is 7.11 Å². The van der Waals surface area contributed by atoms with Crippen molar-refractivity contribution < 1.29 is 13.9 Å². The number of hydrogen-bond acceptors (Lipinski definition) is 2. The van der Waals surface area contributed by atoms with Gasteiger partial charge in [0.15, 0.2) is 0 Å². The van der Waals surface area contributed by atoms with Crippen LogP contribution in [0.15, 0.2) is 48.5 Å². The van der Waals surface area contributed by atoms with E-state index in [1.165, 1.54) is 12.1 Å². The van der Waals surface area contributed by atoms with Crippen molar-refractivity contribution in [3.8, 4) is 5.75 Å². The number of likely N-dealkylation sites (tertiary alicyclic amines) is 1. The molecule has 0 saturated carbocycles. The number of ether oxygens (including phenoxy) is 1. The minimum absolute atomic E-state index is 0.158. The normalized spacial score (nSPS) is 17.1. The summed E-state index contributed by atoms with van der Waals surface area (Å²) in [5.41, 5.74) is 1.73. The molecule has 2 aromatic carbocycles. The van der Waals surface area contributed by atoms with Crippen LogP contribution in [0.1, 0.15) is 17.9 Å². The fourth-order valence-electron chi connectivity index (χ4n) is 2.94. The molecule has 1 atom stereocenters. The number of benzene rings is 2.